The van der Waals surface area contributed by atoms with Gasteiger partial charge in [0.2, 0.25) is 0 Å². The van der Waals surface area contributed by atoms with E-state index in [1.807, 2.05) is 18.2 Å². The van der Waals surface area contributed by atoms with E-state index >= 15 is 0 Å². The van der Waals surface area contributed by atoms with Crippen LogP contribution < -0.4 is 5.32 Å². The number of ether oxygens (including phenoxy) is 1. The van der Waals surface area contributed by atoms with Gasteiger partial charge in [-0.05, 0) is 61.9 Å². The van der Waals surface area contributed by atoms with Gasteiger partial charge in [-0.1, -0.05) is 23.2 Å². The molecule has 158 valence electrons. The van der Waals surface area contributed by atoms with Gasteiger partial charge < -0.3 is 15.2 Å². The van der Waals surface area contributed by atoms with Crippen LogP contribution in [0.4, 0.5) is 5.69 Å². The lowest BCUT2D eigenvalue weighted by Crippen LogP contribution is -2.28. The summed E-state index contributed by atoms with van der Waals surface area (Å²) >= 11 is 20.1. The molecule has 3 rings (SSSR count). The van der Waals surface area contributed by atoms with E-state index in [9.17, 15) is 9.90 Å². The summed E-state index contributed by atoms with van der Waals surface area (Å²) in [5, 5.41) is 14.9. The van der Waals surface area contributed by atoms with E-state index < -0.39 is 6.10 Å². The Balaban J connectivity index is 1.55. The first-order valence-electron chi connectivity index (χ1n) is 9.56. The highest BCUT2D eigenvalue weighted by Crippen LogP contribution is 2.39. The van der Waals surface area contributed by atoms with Gasteiger partial charge in [-0.15, -0.1) is 22.9 Å². The van der Waals surface area contributed by atoms with Crippen molar-refractivity contribution in [2.24, 2.45) is 11.8 Å². The van der Waals surface area contributed by atoms with Gasteiger partial charge in [0, 0.05) is 38.4 Å². The topological polar surface area (TPSA) is 58.6 Å². The molecule has 0 aliphatic heterocycles. The number of alkyl halides is 1. The molecule has 1 fully saturated rings. The Bertz CT molecular complexity index is 824. The van der Waals surface area contributed by atoms with E-state index in [-0.39, 0.29) is 23.2 Å². The first-order valence-corrected chi connectivity index (χ1v) is 11.6. The van der Waals surface area contributed by atoms with Crippen molar-refractivity contribution in [2.45, 2.75) is 37.2 Å². The minimum Gasteiger partial charge on any atom is -0.465 e. The van der Waals surface area contributed by atoms with Crippen molar-refractivity contribution >= 4 is 57.8 Å². The van der Waals surface area contributed by atoms with Crippen molar-refractivity contribution in [1.82, 2.24) is 0 Å². The van der Waals surface area contributed by atoms with Crippen LogP contribution in [-0.2, 0) is 11.2 Å². The number of hydrogen-bond donors (Lipinski definition) is 2. The van der Waals surface area contributed by atoms with Gasteiger partial charge >= 0.3 is 5.97 Å². The Hall–Kier alpha value is -0.980. The Kier molecular flexibility index (Phi) is 8.11. The number of aliphatic hydroxyl groups excluding tert-OH is 1. The van der Waals surface area contributed by atoms with E-state index in [1.54, 1.807) is 12.1 Å². The number of rotatable bonds is 8. The zero-order chi connectivity index (χ0) is 21.0. The summed E-state index contributed by atoms with van der Waals surface area (Å²) in [6, 6.07) is 9.10. The quantitative estimate of drug-likeness (QED) is 0.369. The molecule has 1 aliphatic rings. The molecule has 4 nitrogen and oxygen atoms in total. The van der Waals surface area contributed by atoms with Gasteiger partial charge in [0.05, 0.1) is 13.2 Å². The SMILES string of the molecule is COC(=O)c1ccc(CCCC2[C@H](Cl)C[C@@H](O)[C@@H]2CNc2cc(Cl)cc(Cl)c2)s1. The third-order valence-corrected chi connectivity index (χ3v) is 7.45. The van der Waals surface area contributed by atoms with Crippen LogP contribution in [0.1, 0.15) is 33.8 Å². The van der Waals surface area contributed by atoms with Crippen molar-refractivity contribution in [3.8, 4) is 0 Å². The Morgan fingerprint density at radius 3 is 2.66 bits per heavy atom. The second kappa shape index (κ2) is 10.4. The second-order valence-electron chi connectivity index (χ2n) is 7.34. The predicted octanol–water partition coefficient (Wildman–Crippen LogP) is 5.88. The number of carbonyl (C=O) groups is 1. The number of aryl methyl sites for hydroxylation is 1. The van der Waals surface area contributed by atoms with Gasteiger partial charge in [-0.25, -0.2) is 4.79 Å². The molecule has 1 heterocycles. The number of carbonyl (C=O) groups excluding carboxylic acids is 1. The molecule has 1 unspecified atom stereocenters. The molecule has 4 atom stereocenters. The van der Waals surface area contributed by atoms with Gasteiger partial charge in [0.1, 0.15) is 4.88 Å². The van der Waals surface area contributed by atoms with Crippen molar-refractivity contribution in [3.05, 3.63) is 50.1 Å². The van der Waals surface area contributed by atoms with Gasteiger partial charge in [0.25, 0.3) is 0 Å². The molecular formula is C21H24Cl3NO3S. The Morgan fingerprint density at radius 2 is 1.97 bits per heavy atom. The van der Waals surface area contributed by atoms with Crippen LogP contribution in [0.25, 0.3) is 0 Å². The number of thiophene rings is 1. The summed E-state index contributed by atoms with van der Waals surface area (Å²) in [5.74, 6) is -0.0219. The average molecular weight is 477 g/mol. The predicted molar refractivity (Wildman–Crippen MR) is 121 cm³/mol. The zero-order valence-corrected chi connectivity index (χ0v) is 19.1. The number of methoxy groups -OCH3 is 1. The number of halogens is 3. The summed E-state index contributed by atoms with van der Waals surface area (Å²) in [6.07, 6.45) is 2.90. The van der Waals surface area contributed by atoms with Crippen LogP contribution in [0.2, 0.25) is 10.0 Å². The number of anilines is 1. The zero-order valence-electron chi connectivity index (χ0n) is 16.0. The average Bonchev–Trinajstić information content (AvgIpc) is 3.23. The van der Waals surface area contributed by atoms with Crippen molar-refractivity contribution in [2.75, 3.05) is 19.0 Å². The number of nitrogens with one attached hydrogen (secondary N) is 1. The molecule has 0 saturated heterocycles. The van der Waals surface area contributed by atoms with Gasteiger partial charge in [0.15, 0.2) is 0 Å². The van der Waals surface area contributed by atoms with Crippen LogP contribution in [0.3, 0.4) is 0 Å². The number of esters is 1. The Labute approximate surface area is 190 Å². The minimum atomic E-state index is -0.433. The highest BCUT2D eigenvalue weighted by atomic mass is 35.5. The summed E-state index contributed by atoms with van der Waals surface area (Å²) in [4.78, 5) is 13.4. The Morgan fingerprint density at radius 1 is 1.24 bits per heavy atom. The molecule has 0 spiro atoms. The van der Waals surface area contributed by atoms with Gasteiger partial charge in [-0.2, -0.15) is 0 Å². The number of hydrogen-bond acceptors (Lipinski definition) is 5. The number of aliphatic hydroxyl groups is 1. The molecule has 0 radical (unpaired) electrons. The van der Waals surface area contributed by atoms with Crippen molar-refractivity contribution < 1.29 is 14.6 Å². The maximum absolute atomic E-state index is 11.6. The fourth-order valence-electron chi connectivity index (χ4n) is 3.94. The van der Waals surface area contributed by atoms with Crippen LogP contribution in [-0.4, -0.2) is 36.2 Å². The smallest absolute Gasteiger partial charge is 0.348 e. The monoisotopic (exact) mass is 475 g/mol. The summed E-state index contributed by atoms with van der Waals surface area (Å²) in [5.41, 5.74) is 0.834. The molecule has 1 aromatic carbocycles. The fraction of sp³-hybridized carbons (Fsp3) is 0.476. The molecule has 0 bridgehead atoms. The standard InChI is InChI=1S/C21H24Cl3NO3S/c1-28-21(27)20-6-5-15(29-20)3-2-4-16-17(19(26)10-18(16)24)11-25-14-8-12(22)7-13(23)9-14/h5-9,16-19,25-26H,2-4,10-11H2,1H3/t16?,17-,18-,19-/m1/s1. The van der Waals surface area contributed by atoms with Crippen LogP contribution in [0, 0.1) is 11.8 Å². The molecular weight excluding hydrogens is 453 g/mol. The summed E-state index contributed by atoms with van der Waals surface area (Å²) in [7, 11) is 1.39. The van der Waals surface area contributed by atoms with Crippen molar-refractivity contribution in [3.63, 3.8) is 0 Å². The highest BCUT2D eigenvalue weighted by molar-refractivity contribution is 7.13. The lowest BCUT2D eigenvalue weighted by atomic mass is 9.89. The normalized spacial score (nSPS) is 23.9. The van der Waals surface area contributed by atoms with Crippen LogP contribution in [0.5, 0.6) is 0 Å². The number of benzene rings is 1. The van der Waals surface area contributed by atoms with E-state index in [0.717, 1.165) is 29.8 Å². The molecule has 2 aromatic rings. The van der Waals surface area contributed by atoms with E-state index in [1.165, 1.54) is 18.4 Å². The maximum Gasteiger partial charge on any atom is 0.348 e. The third-order valence-electron chi connectivity index (χ3n) is 5.39. The van der Waals surface area contributed by atoms with E-state index in [2.05, 4.69) is 5.32 Å². The molecule has 1 aromatic heterocycles. The molecule has 8 heteroatoms. The van der Waals surface area contributed by atoms with E-state index in [4.69, 9.17) is 39.5 Å². The summed E-state index contributed by atoms with van der Waals surface area (Å²) < 4.78 is 4.76. The van der Waals surface area contributed by atoms with Gasteiger partial charge in [-0.3, -0.25) is 0 Å². The molecule has 29 heavy (non-hydrogen) atoms. The molecule has 0 amide bonds. The largest absolute Gasteiger partial charge is 0.465 e. The lowest BCUT2D eigenvalue weighted by Gasteiger charge is -2.24. The minimum absolute atomic E-state index is 0.0475. The van der Waals surface area contributed by atoms with E-state index in [0.29, 0.717) is 27.9 Å². The molecule has 1 saturated carbocycles. The third kappa shape index (κ3) is 6.02. The maximum atomic E-state index is 11.6. The van der Waals surface area contributed by atoms with Crippen molar-refractivity contribution in [1.29, 1.82) is 0 Å². The fourth-order valence-corrected chi connectivity index (χ4v) is 5.93. The van der Waals surface area contributed by atoms with Crippen LogP contribution in [0.15, 0.2) is 30.3 Å². The first kappa shape index (κ1) is 22.7. The second-order valence-corrected chi connectivity index (χ2v) is 9.94. The highest BCUT2D eigenvalue weighted by Gasteiger charge is 2.40. The first-order chi connectivity index (χ1) is 13.9. The molecule has 1 aliphatic carbocycles. The molecule has 2 N–H and O–H groups in total. The van der Waals surface area contributed by atoms with Crippen LogP contribution >= 0.6 is 46.1 Å². The summed E-state index contributed by atoms with van der Waals surface area (Å²) in [6.45, 7) is 0.608. The lowest BCUT2D eigenvalue weighted by molar-refractivity contribution is 0.0606.